The lowest BCUT2D eigenvalue weighted by Crippen LogP contribution is -2.53. The molecule has 0 saturated carbocycles. The fourth-order valence-corrected chi connectivity index (χ4v) is 4.68. The predicted molar refractivity (Wildman–Crippen MR) is 109 cm³/mol. The van der Waals surface area contributed by atoms with Crippen molar-refractivity contribution in [2.75, 3.05) is 33.3 Å². The van der Waals surface area contributed by atoms with E-state index in [1.807, 2.05) is 13.0 Å². The van der Waals surface area contributed by atoms with Crippen molar-refractivity contribution in [2.45, 2.75) is 24.3 Å². The third-order valence-electron chi connectivity index (χ3n) is 4.90. The Balaban J connectivity index is 1.62. The number of carbonyl (C=O) groups is 1. The number of nitrogens with zero attached hydrogens (tertiary/aromatic N) is 2. The highest BCUT2D eigenvalue weighted by Crippen LogP contribution is 2.22. The first-order valence-corrected chi connectivity index (χ1v) is 11.0. The molecule has 0 N–H and O–H groups in total. The number of rotatable bonds is 7. The topological polar surface area (TPSA) is 76.2 Å². The summed E-state index contributed by atoms with van der Waals surface area (Å²) in [6, 6.07) is 15.5. The number of ether oxygens (including phenoxy) is 2. The molecular formula is C21H26N2O5S. The molecule has 0 unspecified atom stereocenters. The minimum atomic E-state index is -3.54. The summed E-state index contributed by atoms with van der Waals surface area (Å²) in [4.78, 5) is 14.9. The van der Waals surface area contributed by atoms with Gasteiger partial charge in [0.15, 0.2) is 6.10 Å². The summed E-state index contributed by atoms with van der Waals surface area (Å²) in [5.74, 6) is 1.09. The van der Waals surface area contributed by atoms with E-state index in [2.05, 4.69) is 0 Å². The predicted octanol–water partition coefficient (Wildman–Crippen LogP) is 2.39. The van der Waals surface area contributed by atoms with Crippen molar-refractivity contribution in [3.63, 3.8) is 0 Å². The Morgan fingerprint density at radius 2 is 1.66 bits per heavy atom. The number of piperazine rings is 1. The lowest BCUT2D eigenvalue weighted by molar-refractivity contribution is -0.140. The molecule has 1 aliphatic rings. The van der Waals surface area contributed by atoms with E-state index in [4.69, 9.17) is 9.47 Å². The molecule has 1 saturated heterocycles. The summed E-state index contributed by atoms with van der Waals surface area (Å²) in [7, 11) is -1.97. The van der Waals surface area contributed by atoms with Crippen LogP contribution in [0.15, 0.2) is 59.5 Å². The van der Waals surface area contributed by atoms with E-state index in [-0.39, 0.29) is 23.9 Å². The zero-order valence-electron chi connectivity index (χ0n) is 16.7. The van der Waals surface area contributed by atoms with E-state index < -0.39 is 16.1 Å². The fraction of sp³-hybridized carbons (Fsp3) is 0.381. The summed E-state index contributed by atoms with van der Waals surface area (Å²) < 4.78 is 38.0. The van der Waals surface area contributed by atoms with Crippen molar-refractivity contribution < 1.29 is 22.7 Å². The van der Waals surface area contributed by atoms with Gasteiger partial charge in [0.1, 0.15) is 11.5 Å². The van der Waals surface area contributed by atoms with E-state index in [1.54, 1.807) is 60.5 Å². The third kappa shape index (κ3) is 4.89. The van der Waals surface area contributed by atoms with Crippen molar-refractivity contribution >= 4 is 15.9 Å². The van der Waals surface area contributed by atoms with Crippen LogP contribution >= 0.6 is 0 Å². The molecule has 7 nitrogen and oxygen atoms in total. The quantitative estimate of drug-likeness (QED) is 0.690. The Hall–Kier alpha value is -2.58. The van der Waals surface area contributed by atoms with Gasteiger partial charge >= 0.3 is 0 Å². The van der Waals surface area contributed by atoms with E-state index >= 15 is 0 Å². The number of hydrogen-bond donors (Lipinski definition) is 0. The van der Waals surface area contributed by atoms with E-state index in [1.165, 1.54) is 4.31 Å². The van der Waals surface area contributed by atoms with Crippen LogP contribution in [0.4, 0.5) is 0 Å². The minimum Gasteiger partial charge on any atom is -0.497 e. The van der Waals surface area contributed by atoms with Crippen LogP contribution in [0.5, 0.6) is 11.5 Å². The number of methoxy groups -OCH3 is 1. The normalized spacial score (nSPS) is 16.3. The molecule has 0 aliphatic carbocycles. The van der Waals surface area contributed by atoms with Gasteiger partial charge in [0, 0.05) is 32.2 Å². The average Bonchev–Trinajstić information content (AvgIpc) is 2.77. The van der Waals surface area contributed by atoms with Crippen molar-refractivity contribution in [1.82, 2.24) is 9.21 Å². The number of sulfonamides is 1. The SMILES string of the molecule is CC[C@@H](Oc1cccc(OC)c1)C(=O)N1CCN(S(=O)(=O)c2ccccc2)CC1. The number of hydrogen-bond acceptors (Lipinski definition) is 5. The summed E-state index contributed by atoms with van der Waals surface area (Å²) >= 11 is 0. The van der Waals surface area contributed by atoms with Crippen molar-refractivity contribution in [3.8, 4) is 11.5 Å². The Morgan fingerprint density at radius 1 is 1.00 bits per heavy atom. The molecule has 1 heterocycles. The molecule has 2 aromatic rings. The molecular weight excluding hydrogens is 392 g/mol. The Kier molecular flexibility index (Phi) is 6.76. The van der Waals surface area contributed by atoms with Crippen LogP contribution in [0, 0.1) is 0 Å². The Labute approximate surface area is 171 Å². The number of carbonyl (C=O) groups excluding carboxylic acids is 1. The molecule has 1 atom stereocenters. The highest BCUT2D eigenvalue weighted by atomic mass is 32.2. The standard InChI is InChI=1S/C21H26N2O5S/c1-3-20(28-18-9-7-8-17(16-18)27-2)21(24)22-12-14-23(15-13-22)29(25,26)19-10-5-4-6-11-19/h4-11,16,20H,3,12-15H2,1-2H3/t20-/m1/s1. The van der Waals surface area contributed by atoms with Gasteiger partial charge in [-0.05, 0) is 30.7 Å². The van der Waals surface area contributed by atoms with Gasteiger partial charge in [-0.3, -0.25) is 4.79 Å². The maximum atomic E-state index is 12.9. The number of amides is 1. The highest BCUT2D eigenvalue weighted by Gasteiger charge is 2.32. The van der Waals surface area contributed by atoms with Gasteiger partial charge < -0.3 is 14.4 Å². The molecule has 1 aliphatic heterocycles. The van der Waals surface area contributed by atoms with E-state index in [9.17, 15) is 13.2 Å². The summed E-state index contributed by atoms with van der Waals surface area (Å²) in [6.45, 7) is 3.09. The molecule has 1 fully saturated rings. The van der Waals surface area contributed by atoms with Crippen LogP contribution in [-0.4, -0.2) is 62.9 Å². The third-order valence-corrected chi connectivity index (χ3v) is 6.81. The second kappa shape index (κ2) is 9.28. The molecule has 8 heteroatoms. The first-order chi connectivity index (χ1) is 14.0. The molecule has 0 spiro atoms. The maximum absolute atomic E-state index is 12.9. The highest BCUT2D eigenvalue weighted by molar-refractivity contribution is 7.89. The molecule has 3 rings (SSSR count). The van der Waals surface area contributed by atoms with Crippen LogP contribution in [0.3, 0.4) is 0 Å². The summed E-state index contributed by atoms with van der Waals surface area (Å²) in [5.41, 5.74) is 0. The lowest BCUT2D eigenvalue weighted by atomic mass is 10.2. The first-order valence-electron chi connectivity index (χ1n) is 9.60. The maximum Gasteiger partial charge on any atom is 0.263 e. The molecule has 2 aromatic carbocycles. The molecule has 0 radical (unpaired) electrons. The summed E-state index contributed by atoms with van der Waals surface area (Å²) in [5, 5.41) is 0. The van der Waals surface area contributed by atoms with Gasteiger partial charge in [-0.15, -0.1) is 0 Å². The zero-order chi connectivity index (χ0) is 20.9. The fourth-order valence-electron chi connectivity index (χ4n) is 3.24. The molecule has 1 amide bonds. The molecule has 156 valence electrons. The van der Waals surface area contributed by atoms with Crippen molar-refractivity contribution in [2.24, 2.45) is 0 Å². The van der Waals surface area contributed by atoms with Crippen LogP contribution in [0.25, 0.3) is 0 Å². The monoisotopic (exact) mass is 418 g/mol. The Bertz CT molecular complexity index is 925. The van der Waals surface area contributed by atoms with Gasteiger partial charge in [0.05, 0.1) is 12.0 Å². The molecule has 0 aromatic heterocycles. The van der Waals surface area contributed by atoms with Gasteiger partial charge in [-0.1, -0.05) is 31.2 Å². The van der Waals surface area contributed by atoms with Crippen LogP contribution < -0.4 is 9.47 Å². The second-order valence-electron chi connectivity index (χ2n) is 6.74. The molecule has 0 bridgehead atoms. The largest absolute Gasteiger partial charge is 0.497 e. The summed E-state index contributed by atoms with van der Waals surface area (Å²) in [6.07, 6.45) is -0.113. The average molecular weight is 419 g/mol. The van der Waals surface area contributed by atoms with Crippen LogP contribution in [0.2, 0.25) is 0 Å². The zero-order valence-corrected chi connectivity index (χ0v) is 17.5. The second-order valence-corrected chi connectivity index (χ2v) is 8.67. The van der Waals surface area contributed by atoms with Crippen molar-refractivity contribution in [1.29, 1.82) is 0 Å². The van der Waals surface area contributed by atoms with Gasteiger partial charge in [0.25, 0.3) is 5.91 Å². The smallest absolute Gasteiger partial charge is 0.263 e. The number of benzene rings is 2. The van der Waals surface area contributed by atoms with Crippen LogP contribution in [0.1, 0.15) is 13.3 Å². The Morgan fingerprint density at radius 3 is 2.28 bits per heavy atom. The first kappa shape index (κ1) is 21.1. The lowest BCUT2D eigenvalue weighted by Gasteiger charge is -2.35. The van der Waals surface area contributed by atoms with E-state index in [0.29, 0.717) is 31.0 Å². The van der Waals surface area contributed by atoms with Crippen molar-refractivity contribution in [3.05, 3.63) is 54.6 Å². The van der Waals surface area contributed by atoms with Gasteiger partial charge in [-0.25, -0.2) is 8.42 Å². The van der Waals surface area contributed by atoms with Crippen LogP contribution in [-0.2, 0) is 14.8 Å². The van der Waals surface area contributed by atoms with E-state index in [0.717, 1.165) is 0 Å². The molecule has 29 heavy (non-hydrogen) atoms. The minimum absolute atomic E-state index is 0.132. The van der Waals surface area contributed by atoms with Gasteiger partial charge in [0.2, 0.25) is 10.0 Å². The van der Waals surface area contributed by atoms with Gasteiger partial charge in [-0.2, -0.15) is 4.31 Å².